The number of nitrogens with zero attached hydrogens (tertiary/aromatic N) is 2. The van der Waals surface area contributed by atoms with Crippen LogP contribution >= 0.6 is 11.3 Å². The molecule has 0 bridgehead atoms. The molecule has 146 valence electrons. The van der Waals surface area contributed by atoms with Gasteiger partial charge >= 0.3 is 6.03 Å². The van der Waals surface area contributed by atoms with Crippen molar-refractivity contribution in [1.82, 2.24) is 15.5 Å². The molecule has 0 fully saturated rings. The number of imide groups is 1. The number of benzene rings is 1. The van der Waals surface area contributed by atoms with Crippen LogP contribution in [0.2, 0.25) is 0 Å². The van der Waals surface area contributed by atoms with Crippen molar-refractivity contribution in [2.45, 2.75) is 25.9 Å². The second-order valence-corrected chi connectivity index (χ2v) is 7.21. The first-order valence-electron chi connectivity index (χ1n) is 8.94. The molecule has 0 aliphatic heterocycles. The Morgan fingerprint density at radius 1 is 1.21 bits per heavy atom. The number of nitrogens with one attached hydrogen (secondary N) is 2. The van der Waals surface area contributed by atoms with E-state index < -0.39 is 18.0 Å². The third-order valence-electron chi connectivity index (χ3n) is 4.20. The lowest BCUT2D eigenvalue weighted by molar-refractivity contribution is -0.936. The zero-order valence-electron chi connectivity index (χ0n) is 15.4. The number of primary amides is 1. The number of carbonyl (C=O) groups is 2. The molecule has 9 heteroatoms. The number of aromatic nitrogens is 2. The van der Waals surface area contributed by atoms with E-state index in [4.69, 9.17) is 10.2 Å². The van der Waals surface area contributed by atoms with Crippen LogP contribution in [0.15, 0.2) is 52.3 Å². The lowest BCUT2D eigenvalue weighted by Crippen LogP contribution is -3.12. The first-order valence-corrected chi connectivity index (χ1v) is 9.82. The number of urea groups is 1. The zero-order valence-corrected chi connectivity index (χ0v) is 16.2. The van der Waals surface area contributed by atoms with Crippen LogP contribution in [0, 0.1) is 0 Å². The Balaban J connectivity index is 1.88. The summed E-state index contributed by atoms with van der Waals surface area (Å²) in [6.07, 6.45) is 0.828. The Hall–Kier alpha value is -3.04. The lowest BCUT2D eigenvalue weighted by Gasteiger charge is -2.26. The zero-order chi connectivity index (χ0) is 19.9. The minimum absolute atomic E-state index is 0.345. The monoisotopic (exact) mass is 400 g/mol. The number of nitrogens with two attached hydrogens (primary N) is 1. The topological polar surface area (TPSA) is 116 Å². The van der Waals surface area contributed by atoms with Crippen molar-refractivity contribution in [3.63, 3.8) is 0 Å². The number of hydrogen-bond donors (Lipinski definition) is 3. The summed E-state index contributed by atoms with van der Waals surface area (Å²) in [5, 5.41) is 12.4. The molecule has 0 saturated heterocycles. The van der Waals surface area contributed by atoms with Gasteiger partial charge in [0, 0.05) is 5.56 Å². The molecule has 2 aromatic heterocycles. The third-order valence-corrected chi connectivity index (χ3v) is 5.06. The molecule has 0 spiro atoms. The van der Waals surface area contributed by atoms with E-state index in [0.717, 1.165) is 21.8 Å². The van der Waals surface area contributed by atoms with E-state index in [1.807, 2.05) is 54.8 Å². The minimum Gasteiger partial charge on any atom is -0.414 e. The highest BCUT2D eigenvalue weighted by atomic mass is 32.1. The Kier molecular flexibility index (Phi) is 6.51. The molecule has 2 heterocycles. The summed E-state index contributed by atoms with van der Waals surface area (Å²) in [4.78, 5) is 25.8. The van der Waals surface area contributed by atoms with Gasteiger partial charge in [0.15, 0.2) is 12.6 Å². The van der Waals surface area contributed by atoms with Crippen LogP contribution in [-0.2, 0) is 11.3 Å². The SMILES string of the molecule is CCC[NH+](Cc1nnc(-c2cccs2)o1)[C@@H](C(=O)NC(N)=O)c1ccccc1. The van der Waals surface area contributed by atoms with Gasteiger partial charge < -0.3 is 15.1 Å². The maximum Gasteiger partial charge on any atom is 0.319 e. The first-order chi connectivity index (χ1) is 13.6. The molecule has 3 rings (SSSR count). The van der Waals surface area contributed by atoms with Gasteiger partial charge in [0.05, 0.1) is 11.4 Å². The Bertz CT molecular complexity index is 911. The lowest BCUT2D eigenvalue weighted by atomic mass is 10.0. The third kappa shape index (κ3) is 4.81. The highest BCUT2D eigenvalue weighted by Crippen LogP contribution is 2.22. The second kappa shape index (κ2) is 9.25. The van der Waals surface area contributed by atoms with E-state index in [1.54, 1.807) is 0 Å². The summed E-state index contributed by atoms with van der Waals surface area (Å²) in [6, 6.07) is 11.6. The predicted molar refractivity (Wildman–Crippen MR) is 104 cm³/mol. The number of thiophene rings is 1. The first kappa shape index (κ1) is 19.7. The molecular weight excluding hydrogens is 378 g/mol. The van der Waals surface area contributed by atoms with Crippen molar-refractivity contribution < 1.29 is 18.9 Å². The van der Waals surface area contributed by atoms with Gasteiger partial charge in [0.25, 0.3) is 17.7 Å². The summed E-state index contributed by atoms with van der Waals surface area (Å²) in [7, 11) is 0. The fourth-order valence-corrected chi connectivity index (χ4v) is 3.73. The summed E-state index contributed by atoms with van der Waals surface area (Å²) in [5.41, 5.74) is 5.95. The molecular formula is C19H22N5O3S+. The van der Waals surface area contributed by atoms with Crippen LogP contribution in [-0.4, -0.2) is 28.7 Å². The van der Waals surface area contributed by atoms with Crippen molar-refractivity contribution in [2.75, 3.05) is 6.54 Å². The standard InChI is InChI=1S/C19H21N5O3S/c1-2-10-24(12-15-22-23-18(27-15)14-9-6-11-28-14)16(17(25)21-19(20)26)13-7-4-3-5-8-13/h3-9,11,16H,2,10,12H2,1H3,(H3,20,21,25,26)/p+1/t16-/m1/s1. The van der Waals surface area contributed by atoms with Gasteiger partial charge in [-0.25, -0.2) is 4.79 Å². The molecule has 28 heavy (non-hydrogen) atoms. The number of amides is 3. The number of quaternary nitrogens is 1. The van der Waals surface area contributed by atoms with E-state index in [-0.39, 0.29) is 0 Å². The average Bonchev–Trinajstić information content (AvgIpc) is 3.34. The van der Waals surface area contributed by atoms with Crippen LogP contribution in [0.4, 0.5) is 4.79 Å². The van der Waals surface area contributed by atoms with Crippen LogP contribution in [0.25, 0.3) is 10.8 Å². The van der Waals surface area contributed by atoms with Gasteiger partial charge in [-0.2, -0.15) is 0 Å². The number of rotatable bonds is 8. The fraction of sp³-hybridized carbons (Fsp3) is 0.263. The molecule has 0 aliphatic carbocycles. The average molecular weight is 400 g/mol. The molecule has 3 amide bonds. The van der Waals surface area contributed by atoms with Crippen LogP contribution in [0.5, 0.6) is 0 Å². The normalized spacial score (nSPS) is 13.0. The molecule has 4 N–H and O–H groups in total. The molecule has 1 aromatic carbocycles. The van der Waals surface area contributed by atoms with Gasteiger partial charge in [-0.3, -0.25) is 10.1 Å². The number of carbonyl (C=O) groups excluding carboxylic acids is 2. The molecule has 0 aliphatic rings. The Morgan fingerprint density at radius 2 is 2.00 bits per heavy atom. The highest BCUT2D eigenvalue weighted by molar-refractivity contribution is 7.13. The van der Waals surface area contributed by atoms with E-state index in [1.165, 1.54) is 11.3 Å². The van der Waals surface area contributed by atoms with E-state index >= 15 is 0 Å². The molecule has 8 nitrogen and oxygen atoms in total. The molecule has 0 radical (unpaired) electrons. The van der Waals surface area contributed by atoms with E-state index in [9.17, 15) is 9.59 Å². The Labute approximate surface area is 166 Å². The van der Waals surface area contributed by atoms with Crippen molar-refractivity contribution in [2.24, 2.45) is 5.73 Å². The number of hydrogen-bond acceptors (Lipinski definition) is 6. The van der Waals surface area contributed by atoms with E-state index in [0.29, 0.717) is 24.9 Å². The van der Waals surface area contributed by atoms with E-state index in [2.05, 4.69) is 15.5 Å². The van der Waals surface area contributed by atoms with Crippen molar-refractivity contribution in [3.05, 3.63) is 59.3 Å². The van der Waals surface area contributed by atoms with Gasteiger partial charge in [-0.15, -0.1) is 21.5 Å². The minimum atomic E-state index is -0.875. The molecule has 1 unspecified atom stereocenters. The summed E-state index contributed by atoms with van der Waals surface area (Å²) < 4.78 is 5.80. The van der Waals surface area contributed by atoms with Crippen LogP contribution < -0.4 is 16.0 Å². The summed E-state index contributed by atoms with van der Waals surface area (Å²) in [5.74, 6) is 0.429. The van der Waals surface area contributed by atoms with Crippen molar-refractivity contribution in [1.29, 1.82) is 0 Å². The summed E-state index contributed by atoms with van der Waals surface area (Å²) >= 11 is 1.51. The maximum atomic E-state index is 12.8. The highest BCUT2D eigenvalue weighted by Gasteiger charge is 2.33. The molecule has 2 atom stereocenters. The van der Waals surface area contributed by atoms with Gasteiger partial charge in [-0.1, -0.05) is 43.3 Å². The van der Waals surface area contributed by atoms with Gasteiger partial charge in [0.1, 0.15) is 0 Å². The van der Waals surface area contributed by atoms with Crippen molar-refractivity contribution >= 4 is 23.3 Å². The quantitative estimate of drug-likeness (QED) is 0.530. The summed E-state index contributed by atoms with van der Waals surface area (Å²) in [6.45, 7) is 3.04. The predicted octanol–water partition coefficient (Wildman–Crippen LogP) is 1.53. The molecule has 3 aromatic rings. The van der Waals surface area contributed by atoms with Gasteiger partial charge in [0.2, 0.25) is 0 Å². The smallest absolute Gasteiger partial charge is 0.319 e. The largest absolute Gasteiger partial charge is 0.414 e. The van der Waals surface area contributed by atoms with Gasteiger partial charge in [-0.05, 0) is 17.9 Å². The van der Waals surface area contributed by atoms with Crippen LogP contribution in [0.1, 0.15) is 30.8 Å². The maximum absolute atomic E-state index is 12.8. The second-order valence-electron chi connectivity index (χ2n) is 6.26. The van der Waals surface area contributed by atoms with Crippen molar-refractivity contribution in [3.8, 4) is 10.8 Å². The Morgan fingerprint density at radius 3 is 2.64 bits per heavy atom. The van der Waals surface area contributed by atoms with Crippen LogP contribution in [0.3, 0.4) is 0 Å². The fourth-order valence-electron chi connectivity index (χ4n) is 3.09. The molecule has 0 saturated carbocycles.